The number of benzene rings is 1. The van der Waals surface area contributed by atoms with Gasteiger partial charge in [0.2, 0.25) is 5.91 Å². The fourth-order valence-electron chi connectivity index (χ4n) is 3.00. The number of carboxylic acid groups (broad SMARTS) is 1. The topological polar surface area (TPSA) is 66.8 Å². The van der Waals surface area contributed by atoms with Crippen molar-refractivity contribution in [2.75, 3.05) is 7.11 Å². The molecule has 0 aromatic heterocycles. The number of amides is 1. The third-order valence-corrected chi connectivity index (χ3v) is 4.86. The Balaban J connectivity index is 2.06. The molecule has 1 aliphatic heterocycles. The monoisotopic (exact) mass is 353 g/mol. The Bertz CT molecular complexity index is 599. The zero-order chi connectivity index (χ0) is 15.1. The molecule has 2 unspecified atom stereocenters. The lowest BCUT2D eigenvalue weighted by atomic mass is 9.93. The highest BCUT2D eigenvalue weighted by molar-refractivity contribution is 9.10. The molecule has 2 atom stereocenters. The van der Waals surface area contributed by atoms with Gasteiger partial charge in [0.05, 0.1) is 19.1 Å². The van der Waals surface area contributed by atoms with Gasteiger partial charge in [-0.05, 0) is 36.6 Å². The van der Waals surface area contributed by atoms with E-state index in [0.717, 1.165) is 22.9 Å². The van der Waals surface area contributed by atoms with E-state index in [9.17, 15) is 14.7 Å². The number of nitrogens with zero attached hydrogens (tertiary/aromatic N) is 1. The van der Waals surface area contributed by atoms with Crippen LogP contribution in [0.3, 0.4) is 0 Å². The van der Waals surface area contributed by atoms with Gasteiger partial charge >= 0.3 is 5.97 Å². The molecule has 0 radical (unpaired) electrons. The van der Waals surface area contributed by atoms with Crippen LogP contribution in [-0.4, -0.2) is 35.0 Å². The summed E-state index contributed by atoms with van der Waals surface area (Å²) in [4.78, 5) is 25.6. The van der Waals surface area contributed by atoms with E-state index in [1.165, 1.54) is 0 Å². The Morgan fingerprint density at radius 2 is 2.14 bits per heavy atom. The van der Waals surface area contributed by atoms with Gasteiger partial charge in [-0.15, -0.1) is 0 Å². The van der Waals surface area contributed by atoms with Gasteiger partial charge in [-0.2, -0.15) is 0 Å². The van der Waals surface area contributed by atoms with Crippen molar-refractivity contribution in [3.63, 3.8) is 0 Å². The number of ether oxygens (including phenoxy) is 1. The standard InChI is InChI=1S/C15H16BrNO4/c1-21-9-4-5-12(16)10(6-9)14-11(15(19)20)7-13(18)17(14)8-2-3-8/h4-6,8,11,14H,2-3,7H2,1H3,(H,19,20). The Morgan fingerprint density at radius 1 is 1.43 bits per heavy atom. The number of halogens is 1. The number of hydrogen-bond acceptors (Lipinski definition) is 3. The predicted molar refractivity (Wildman–Crippen MR) is 79.0 cm³/mol. The SMILES string of the molecule is COc1ccc(Br)c(C2C(C(=O)O)CC(=O)N2C2CC2)c1. The maximum atomic E-state index is 12.2. The van der Waals surface area contributed by atoms with E-state index in [0.29, 0.717) is 5.75 Å². The van der Waals surface area contributed by atoms with Crippen LogP contribution in [0.1, 0.15) is 30.9 Å². The van der Waals surface area contributed by atoms with Crippen LogP contribution in [0.5, 0.6) is 5.75 Å². The number of carbonyl (C=O) groups excluding carboxylic acids is 1. The van der Waals surface area contributed by atoms with Crippen LogP contribution in [0, 0.1) is 5.92 Å². The minimum atomic E-state index is -0.925. The summed E-state index contributed by atoms with van der Waals surface area (Å²) in [6.07, 6.45) is 1.98. The van der Waals surface area contributed by atoms with Gasteiger partial charge in [-0.1, -0.05) is 15.9 Å². The fraction of sp³-hybridized carbons (Fsp3) is 0.467. The molecule has 1 saturated carbocycles. The van der Waals surface area contributed by atoms with Crippen molar-refractivity contribution in [2.24, 2.45) is 5.92 Å². The van der Waals surface area contributed by atoms with Gasteiger partial charge in [0.1, 0.15) is 5.75 Å². The first-order valence-electron chi connectivity index (χ1n) is 6.90. The summed E-state index contributed by atoms with van der Waals surface area (Å²) in [5.41, 5.74) is 0.805. The Hall–Kier alpha value is -1.56. The second-order valence-electron chi connectivity index (χ2n) is 5.51. The van der Waals surface area contributed by atoms with Crippen LogP contribution in [0.25, 0.3) is 0 Å². The van der Waals surface area contributed by atoms with E-state index in [1.807, 2.05) is 18.2 Å². The van der Waals surface area contributed by atoms with Crippen molar-refractivity contribution in [3.05, 3.63) is 28.2 Å². The number of carbonyl (C=O) groups is 2. The highest BCUT2D eigenvalue weighted by Gasteiger charge is 2.50. The zero-order valence-corrected chi connectivity index (χ0v) is 13.2. The molecule has 6 heteroatoms. The van der Waals surface area contributed by atoms with Gasteiger partial charge in [-0.3, -0.25) is 9.59 Å². The lowest BCUT2D eigenvalue weighted by molar-refractivity contribution is -0.142. The molecular weight excluding hydrogens is 338 g/mol. The van der Waals surface area contributed by atoms with Crippen LogP contribution >= 0.6 is 15.9 Å². The Labute approximate surface area is 131 Å². The highest BCUT2D eigenvalue weighted by atomic mass is 79.9. The molecule has 5 nitrogen and oxygen atoms in total. The Morgan fingerprint density at radius 3 is 2.71 bits per heavy atom. The number of methoxy groups -OCH3 is 1. The summed E-state index contributed by atoms with van der Waals surface area (Å²) in [6.45, 7) is 0. The smallest absolute Gasteiger partial charge is 0.309 e. The largest absolute Gasteiger partial charge is 0.497 e. The van der Waals surface area contributed by atoms with Gasteiger partial charge in [0.15, 0.2) is 0 Å². The van der Waals surface area contributed by atoms with Crippen LogP contribution < -0.4 is 4.74 Å². The van der Waals surface area contributed by atoms with Crippen molar-refractivity contribution in [1.82, 2.24) is 4.90 Å². The third kappa shape index (κ3) is 2.52. The summed E-state index contributed by atoms with van der Waals surface area (Å²) in [7, 11) is 1.57. The molecule has 1 aromatic rings. The molecule has 1 aromatic carbocycles. The summed E-state index contributed by atoms with van der Waals surface area (Å²) in [5.74, 6) is -1.04. The quantitative estimate of drug-likeness (QED) is 0.903. The van der Waals surface area contributed by atoms with Crippen LogP contribution in [-0.2, 0) is 9.59 Å². The summed E-state index contributed by atoms with van der Waals surface area (Å²) >= 11 is 3.48. The van der Waals surface area contributed by atoms with Crippen molar-refractivity contribution < 1.29 is 19.4 Å². The van der Waals surface area contributed by atoms with Crippen molar-refractivity contribution in [3.8, 4) is 5.75 Å². The van der Waals surface area contributed by atoms with Crippen LogP contribution in [0.15, 0.2) is 22.7 Å². The second kappa shape index (κ2) is 5.33. The number of aliphatic carboxylic acids is 1. The molecule has 1 saturated heterocycles. The molecule has 0 spiro atoms. The first-order valence-corrected chi connectivity index (χ1v) is 7.69. The maximum absolute atomic E-state index is 12.2. The second-order valence-corrected chi connectivity index (χ2v) is 6.37. The number of carboxylic acids is 1. The molecular formula is C15H16BrNO4. The van der Waals surface area contributed by atoms with E-state index in [2.05, 4.69) is 15.9 Å². The molecule has 2 fully saturated rings. The average Bonchev–Trinajstić information content (AvgIpc) is 3.22. The normalized spacial score (nSPS) is 25.2. The summed E-state index contributed by atoms with van der Waals surface area (Å²) < 4.78 is 6.04. The lowest BCUT2D eigenvalue weighted by Gasteiger charge is -2.28. The molecule has 1 amide bonds. The fourth-order valence-corrected chi connectivity index (χ4v) is 3.48. The summed E-state index contributed by atoms with van der Waals surface area (Å²) in [6, 6.07) is 5.22. The third-order valence-electron chi connectivity index (χ3n) is 4.14. The van der Waals surface area contributed by atoms with E-state index in [4.69, 9.17) is 4.74 Å². The first-order chi connectivity index (χ1) is 10.0. The summed E-state index contributed by atoms with van der Waals surface area (Å²) in [5, 5.41) is 9.47. The van der Waals surface area contributed by atoms with E-state index < -0.39 is 17.9 Å². The highest BCUT2D eigenvalue weighted by Crippen LogP contribution is 2.47. The van der Waals surface area contributed by atoms with E-state index >= 15 is 0 Å². The first kappa shape index (κ1) is 14.4. The van der Waals surface area contributed by atoms with Gasteiger partial charge < -0.3 is 14.7 Å². The molecule has 1 aliphatic carbocycles. The molecule has 1 heterocycles. The van der Waals surface area contributed by atoms with Gasteiger partial charge in [-0.25, -0.2) is 0 Å². The van der Waals surface area contributed by atoms with Crippen LogP contribution in [0.4, 0.5) is 0 Å². The number of likely N-dealkylation sites (tertiary alicyclic amines) is 1. The van der Waals surface area contributed by atoms with Gasteiger partial charge in [0.25, 0.3) is 0 Å². The maximum Gasteiger partial charge on any atom is 0.309 e. The van der Waals surface area contributed by atoms with Gasteiger partial charge in [0, 0.05) is 16.9 Å². The number of hydrogen-bond donors (Lipinski definition) is 1. The molecule has 21 heavy (non-hydrogen) atoms. The van der Waals surface area contributed by atoms with Crippen molar-refractivity contribution in [1.29, 1.82) is 0 Å². The molecule has 2 aliphatic rings. The Kier molecular flexibility index (Phi) is 3.65. The average molecular weight is 354 g/mol. The minimum Gasteiger partial charge on any atom is -0.497 e. The molecule has 3 rings (SSSR count). The lowest BCUT2D eigenvalue weighted by Crippen LogP contribution is -2.32. The predicted octanol–water partition coefficient (Wildman–Crippen LogP) is 2.59. The van der Waals surface area contributed by atoms with Crippen molar-refractivity contribution in [2.45, 2.75) is 31.3 Å². The van der Waals surface area contributed by atoms with E-state index in [1.54, 1.807) is 12.0 Å². The van der Waals surface area contributed by atoms with Crippen LogP contribution in [0.2, 0.25) is 0 Å². The minimum absolute atomic E-state index is 0.0652. The van der Waals surface area contributed by atoms with Crippen molar-refractivity contribution >= 4 is 27.8 Å². The zero-order valence-electron chi connectivity index (χ0n) is 11.6. The molecule has 0 bridgehead atoms. The van der Waals surface area contributed by atoms with E-state index in [-0.39, 0.29) is 18.4 Å². The number of rotatable bonds is 4. The molecule has 1 N–H and O–H groups in total. The molecule has 112 valence electrons.